The Bertz CT molecular complexity index is 1190. The van der Waals surface area contributed by atoms with E-state index >= 15 is 0 Å². The van der Waals surface area contributed by atoms with Gasteiger partial charge in [-0.05, 0) is 50.6 Å². The van der Waals surface area contributed by atoms with Crippen LogP contribution >= 0.6 is 0 Å². The van der Waals surface area contributed by atoms with Gasteiger partial charge in [-0.15, -0.1) is 0 Å². The molecule has 34 heavy (non-hydrogen) atoms. The second kappa shape index (κ2) is 11.1. The Morgan fingerprint density at radius 3 is 2.12 bits per heavy atom. The Balaban J connectivity index is 1.51. The van der Waals surface area contributed by atoms with Crippen molar-refractivity contribution in [1.29, 1.82) is 0 Å². The molecule has 0 fully saturated rings. The average Bonchev–Trinajstić information content (AvgIpc) is 3.15. The lowest BCUT2D eigenvalue weighted by Crippen LogP contribution is -2.20. The van der Waals surface area contributed by atoms with E-state index in [4.69, 9.17) is 14.2 Å². The number of Topliss-reactive ketones (excluding diaryl/α,β-unsaturated/α-hetero) is 1. The summed E-state index contributed by atoms with van der Waals surface area (Å²) >= 11 is 0. The van der Waals surface area contributed by atoms with Crippen molar-refractivity contribution in [1.82, 2.24) is 4.98 Å². The molecule has 0 aliphatic heterocycles. The summed E-state index contributed by atoms with van der Waals surface area (Å²) in [6.07, 6.45) is 0. The lowest BCUT2D eigenvalue weighted by molar-refractivity contribution is -0.144. The van der Waals surface area contributed by atoms with E-state index in [-0.39, 0.29) is 18.1 Å². The number of rotatable bonds is 10. The van der Waals surface area contributed by atoms with E-state index in [1.165, 1.54) is 0 Å². The molecule has 0 amide bonds. The predicted octanol–water partition coefficient (Wildman–Crippen LogP) is 3.84. The zero-order valence-electron chi connectivity index (χ0n) is 19.2. The summed E-state index contributed by atoms with van der Waals surface area (Å²) in [7, 11) is 0. The van der Waals surface area contributed by atoms with Crippen LogP contribution in [0.25, 0.3) is 0 Å². The second-order valence-electron chi connectivity index (χ2n) is 7.44. The minimum Gasteiger partial charge on any atom is -0.482 e. The topological polar surface area (TPSA) is 112 Å². The summed E-state index contributed by atoms with van der Waals surface area (Å²) in [5, 5.41) is 0. The molecule has 0 atom stereocenters. The lowest BCUT2D eigenvalue weighted by Gasteiger charge is -2.08. The van der Waals surface area contributed by atoms with E-state index in [2.05, 4.69) is 4.98 Å². The Labute approximate surface area is 196 Å². The third-order valence-corrected chi connectivity index (χ3v) is 5.07. The van der Waals surface area contributed by atoms with Crippen LogP contribution in [0.3, 0.4) is 0 Å². The SMILES string of the molecule is CCOC(=O)c1c(C)[nH]c(C(=O)COC(=O)COc2ccc(C(=O)c3ccccc3)cc2)c1C. The van der Waals surface area contributed by atoms with Crippen LogP contribution in [0.5, 0.6) is 5.75 Å². The first-order chi connectivity index (χ1) is 16.3. The molecule has 1 heterocycles. The van der Waals surface area contributed by atoms with Crippen LogP contribution in [0.1, 0.15) is 54.9 Å². The maximum Gasteiger partial charge on any atom is 0.344 e. The smallest absolute Gasteiger partial charge is 0.344 e. The fraction of sp³-hybridized carbons (Fsp3) is 0.231. The maximum absolute atomic E-state index is 12.5. The summed E-state index contributed by atoms with van der Waals surface area (Å²) in [6, 6.07) is 15.3. The van der Waals surface area contributed by atoms with Gasteiger partial charge >= 0.3 is 11.9 Å². The highest BCUT2D eigenvalue weighted by Crippen LogP contribution is 2.20. The Hall–Kier alpha value is -4.20. The van der Waals surface area contributed by atoms with Gasteiger partial charge in [0, 0.05) is 16.8 Å². The summed E-state index contributed by atoms with van der Waals surface area (Å²) in [5.74, 6) is -1.47. The number of nitrogens with one attached hydrogen (secondary N) is 1. The molecule has 0 saturated heterocycles. The second-order valence-corrected chi connectivity index (χ2v) is 7.44. The van der Waals surface area contributed by atoms with Crippen molar-refractivity contribution in [3.63, 3.8) is 0 Å². The van der Waals surface area contributed by atoms with Crippen molar-refractivity contribution in [2.24, 2.45) is 0 Å². The first-order valence-electron chi connectivity index (χ1n) is 10.7. The molecule has 0 spiro atoms. The van der Waals surface area contributed by atoms with Crippen molar-refractivity contribution >= 4 is 23.5 Å². The fourth-order valence-corrected chi connectivity index (χ4v) is 3.40. The normalized spacial score (nSPS) is 10.4. The first-order valence-corrected chi connectivity index (χ1v) is 10.7. The minimum atomic E-state index is -0.732. The van der Waals surface area contributed by atoms with Gasteiger partial charge in [-0.25, -0.2) is 9.59 Å². The van der Waals surface area contributed by atoms with E-state index in [1.807, 2.05) is 6.07 Å². The molecular weight excluding hydrogens is 438 g/mol. The van der Waals surface area contributed by atoms with E-state index in [0.717, 1.165) is 0 Å². The number of esters is 2. The number of aromatic nitrogens is 1. The average molecular weight is 463 g/mol. The number of ether oxygens (including phenoxy) is 3. The highest BCUT2D eigenvalue weighted by molar-refractivity contribution is 6.09. The molecule has 0 bridgehead atoms. The number of ketones is 2. The summed E-state index contributed by atoms with van der Waals surface area (Å²) in [4.78, 5) is 51.9. The molecular formula is C26H25NO7. The van der Waals surface area contributed by atoms with Crippen LogP contribution in [-0.4, -0.2) is 48.3 Å². The van der Waals surface area contributed by atoms with Gasteiger partial charge in [-0.1, -0.05) is 30.3 Å². The van der Waals surface area contributed by atoms with E-state index in [0.29, 0.717) is 33.7 Å². The molecule has 3 rings (SSSR count). The number of aryl methyl sites for hydroxylation is 1. The molecule has 176 valence electrons. The lowest BCUT2D eigenvalue weighted by atomic mass is 10.0. The summed E-state index contributed by atoms with van der Waals surface area (Å²) in [5.41, 5.74) is 2.50. The van der Waals surface area contributed by atoms with Gasteiger partial charge < -0.3 is 19.2 Å². The monoisotopic (exact) mass is 463 g/mol. The number of hydrogen-bond acceptors (Lipinski definition) is 7. The van der Waals surface area contributed by atoms with Crippen LogP contribution in [0, 0.1) is 13.8 Å². The predicted molar refractivity (Wildman–Crippen MR) is 123 cm³/mol. The molecule has 8 nitrogen and oxygen atoms in total. The molecule has 0 aliphatic rings. The molecule has 0 unspecified atom stereocenters. The highest BCUT2D eigenvalue weighted by Gasteiger charge is 2.23. The number of H-pyrrole nitrogens is 1. The van der Waals surface area contributed by atoms with Crippen LogP contribution in [0.2, 0.25) is 0 Å². The van der Waals surface area contributed by atoms with E-state index < -0.39 is 30.9 Å². The zero-order valence-corrected chi connectivity index (χ0v) is 19.2. The van der Waals surface area contributed by atoms with Gasteiger partial charge in [0.1, 0.15) is 5.75 Å². The molecule has 8 heteroatoms. The third-order valence-electron chi connectivity index (χ3n) is 5.07. The molecule has 0 saturated carbocycles. The molecule has 1 aromatic heterocycles. The molecule has 1 N–H and O–H groups in total. The van der Waals surface area contributed by atoms with Gasteiger partial charge in [0.25, 0.3) is 0 Å². The van der Waals surface area contributed by atoms with Crippen molar-refractivity contribution in [3.05, 3.63) is 88.2 Å². The zero-order chi connectivity index (χ0) is 24.7. The first kappa shape index (κ1) is 24.4. The van der Waals surface area contributed by atoms with Crippen molar-refractivity contribution < 1.29 is 33.4 Å². The van der Waals surface area contributed by atoms with Gasteiger partial charge in [0.2, 0.25) is 5.78 Å². The number of hydrogen-bond donors (Lipinski definition) is 1. The summed E-state index contributed by atoms with van der Waals surface area (Å²) < 4.78 is 15.4. The van der Waals surface area contributed by atoms with Crippen LogP contribution < -0.4 is 4.74 Å². The standard InChI is InChI=1S/C26H25NO7/c1-4-32-26(31)23-16(2)24(27-17(23)3)21(28)14-34-22(29)15-33-20-12-10-19(11-13-20)25(30)18-8-6-5-7-9-18/h5-13,27H,4,14-15H2,1-3H3. The Kier molecular flexibility index (Phi) is 7.97. The number of aromatic amines is 1. The van der Waals surface area contributed by atoms with Crippen LogP contribution in [0.15, 0.2) is 54.6 Å². The Morgan fingerprint density at radius 1 is 0.824 bits per heavy atom. The minimum absolute atomic E-state index is 0.119. The molecule has 2 aromatic carbocycles. The van der Waals surface area contributed by atoms with E-state index in [9.17, 15) is 19.2 Å². The van der Waals surface area contributed by atoms with Crippen LogP contribution in [0.4, 0.5) is 0 Å². The van der Waals surface area contributed by atoms with Crippen molar-refractivity contribution in [3.8, 4) is 5.75 Å². The number of benzene rings is 2. The fourth-order valence-electron chi connectivity index (χ4n) is 3.40. The summed E-state index contributed by atoms with van der Waals surface area (Å²) in [6.45, 7) is 4.29. The third kappa shape index (κ3) is 5.78. The number of carbonyl (C=O) groups excluding carboxylic acids is 4. The largest absolute Gasteiger partial charge is 0.482 e. The number of carbonyl (C=O) groups is 4. The quantitative estimate of drug-likeness (QED) is 0.359. The molecule has 0 radical (unpaired) electrons. The van der Waals surface area contributed by atoms with Crippen molar-refractivity contribution in [2.45, 2.75) is 20.8 Å². The maximum atomic E-state index is 12.5. The highest BCUT2D eigenvalue weighted by atomic mass is 16.6. The van der Waals surface area contributed by atoms with Gasteiger partial charge in [-0.3, -0.25) is 9.59 Å². The van der Waals surface area contributed by atoms with Gasteiger partial charge in [-0.2, -0.15) is 0 Å². The van der Waals surface area contributed by atoms with Crippen molar-refractivity contribution in [2.75, 3.05) is 19.8 Å². The van der Waals surface area contributed by atoms with Gasteiger partial charge in [0.15, 0.2) is 19.0 Å². The molecule has 0 aliphatic carbocycles. The molecule has 3 aromatic rings. The van der Waals surface area contributed by atoms with E-state index in [1.54, 1.807) is 69.3 Å². The van der Waals surface area contributed by atoms with Gasteiger partial charge in [0.05, 0.1) is 17.9 Å². The Morgan fingerprint density at radius 2 is 1.47 bits per heavy atom. The van der Waals surface area contributed by atoms with Crippen LogP contribution in [-0.2, 0) is 14.3 Å².